The lowest BCUT2D eigenvalue weighted by atomic mass is 9.50. The number of hydrogen-bond acceptors (Lipinski definition) is 9. The highest BCUT2D eigenvalue weighted by Crippen LogP contribution is 2.59. The summed E-state index contributed by atoms with van der Waals surface area (Å²) in [5, 5.41) is 22.4. The van der Waals surface area contributed by atoms with E-state index in [9.17, 15) is 14.7 Å². The van der Waals surface area contributed by atoms with Crippen molar-refractivity contribution in [1.29, 1.82) is 0 Å². The van der Waals surface area contributed by atoms with Crippen LogP contribution in [-0.4, -0.2) is 97.0 Å². The van der Waals surface area contributed by atoms with Gasteiger partial charge in [-0.05, 0) is 80.1 Å². The van der Waals surface area contributed by atoms with E-state index in [0.29, 0.717) is 30.2 Å². The SMILES string of the molecule is CC(C)(C)C1N(C(=O)O)CC12CC(N1CCC(c3cnc(N4CCc5[nH]c6nnc(Cl)cc6c5C4CCCCCNC(=O)OCc4ccccc4)nc3)CC1)C2. The zero-order valence-electron chi connectivity index (χ0n) is 32.7. The third kappa shape index (κ3) is 7.76. The molecule has 1 aromatic carbocycles. The average molecular weight is 784 g/mol. The molecule has 3 aromatic heterocycles. The Bertz CT molecular complexity index is 2010. The lowest BCUT2D eigenvalue weighted by Crippen LogP contribution is -2.76. The fourth-order valence-electron chi connectivity index (χ4n) is 10.4. The summed E-state index contributed by atoms with van der Waals surface area (Å²) in [6.07, 6.45) is 11.7. The Kier molecular flexibility index (Phi) is 10.8. The van der Waals surface area contributed by atoms with Gasteiger partial charge in [0.2, 0.25) is 5.95 Å². The van der Waals surface area contributed by atoms with Crippen LogP contribution in [0.15, 0.2) is 48.8 Å². The minimum Gasteiger partial charge on any atom is -0.465 e. The second-order valence-corrected chi connectivity index (χ2v) is 17.9. The third-order valence-electron chi connectivity index (χ3n) is 12.8. The molecule has 3 fully saturated rings. The first-order valence-corrected chi connectivity index (χ1v) is 20.7. The molecule has 3 N–H and O–H groups in total. The number of rotatable bonds is 11. The summed E-state index contributed by atoms with van der Waals surface area (Å²) < 4.78 is 5.36. The zero-order valence-corrected chi connectivity index (χ0v) is 33.5. The van der Waals surface area contributed by atoms with Gasteiger partial charge in [-0.15, -0.1) is 10.2 Å². The van der Waals surface area contributed by atoms with E-state index in [0.717, 1.165) is 106 Å². The number of aromatic nitrogens is 5. The molecule has 2 amide bonds. The van der Waals surface area contributed by atoms with Crippen LogP contribution >= 0.6 is 11.6 Å². The van der Waals surface area contributed by atoms with E-state index in [4.69, 9.17) is 26.3 Å². The Morgan fingerprint density at radius 3 is 2.50 bits per heavy atom. The monoisotopic (exact) mass is 783 g/mol. The van der Waals surface area contributed by atoms with E-state index in [1.165, 1.54) is 11.1 Å². The molecule has 6 heterocycles. The maximum atomic E-state index is 12.2. The third-order valence-corrected chi connectivity index (χ3v) is 12.9. The van der Waals surface area contributed by atoms with E-state index in [2.05, 4.69) is 51.1 Å². The van der Waals surface area contributed by atoms with E-state index in [-0.39, 0.29) is 29.5 Å². The maximum absolute atomic E-state index is 12.2. The zero-order chi connectivity index (χ0) is 39.0. The van der Waals surface area contributed by atoms with Crippen LogP contribution in [0.25, 0.3) is 11.0 Å². The van der Waals surface area contributed by atoms with Gasteiger partial charge in [-0.25, -0.2) is 19.6 Å². The Labute approximate surface area is 333 Å². The van der Waals surface area contributed by atoms with E-state index in [1.54, 1.807) is 4.90 Å². The first-order chi connectivity index (χ1) is 27.0. The van der Waals surface area contributed by atoms with Crippen molar-refractivity contribution in [3.63, 3.8) is 0 Å². The molecular weight excluding hydrogens is 730 g/mol. The smallest absolute Gasteiger partial charge is 0.407 e. The summed E-state index contributed by atoms with van der Waals surface area (Å²) in [7, 11) is 0. The molecule has 3 aliphatic heterocycles. The van der Waals surface area contributed by atoms with Crippen LogP contribution in [0.4, 0.5) is 15.5 Å². The summed E-state index contributed by atoms with van der Waals surface area (Å²) in [5.74, 6) is 1.15. The molecular formula is C42H54ClN9O4. The predicted octanol–water partition coefficient (Wildman–Crippen LogP) is 7.73. The molecule has 1 spiro atoms. The van der Waals surface area contributed by atoms with Crippen molar-refractivity contribution in [2.45, 2.75) is 109 Å². The summed E-state index contributed by atoms with van der Waals surface area (Å²) in [5.41, 5.74) is 5.32. The van der Waals surface area contributed by atoms with Gasteiger partial charge >= 0.3 is 12.2 Å². The van der Waals surface area contributed by atoms with Crippen molar-refractivity contribution >= 4 is 40.8 Å². The number of halogens is 1. The Morgan fingerprint density at radius 2 is 1.79 bits per heavy atom. The number of carbonyl (C=O) groups is 2. The molecule has 1 aliphatic carbocycles. The van der Waals surface area contributed by atoms with E-state index in [1.807, 2.05) is 48.8 Å². The summed E-state index contributed by atoms with van der Waals surface area (Å²) in [4.78, 5) is 44.2. The van der Waals surface area contributed by atoms with E-state index < -0.39 is 12.2 Å². The number of hydrogen-bond donors (Lipinski definition) is 3. The van der Waals surface area contributed by atoms with Crippen LogP contribution in [-0.2, 0) is 17.8 Å². The number of piperidine rings is 1. The van der Waals surface area contributed by atoms with Gasteiger partial charge in [-0.1, -0.05) is 75.5 Å². The number of amides is 2. The van der Waals surface area contributed by atoms with Gasteiger partial charge in [0.25, 0.3) is 0 Å². The number of carbonyl (C=O) groups excluding carboxylic acids is 1. The highest BCUT2D eigenvalue weighted by Gasteiger charge is 2.64. The molecule has 56 heavy (non-hydrogen) atoms. The Hall–Kier alpha value is -4.49. The molecule has 1 saturated carbocycles. The highest BCUT2D eigenvalue weighted by atomic mass is 35.5. The molecule has 0 bridgehead atoms. The topological polar surface area (TPSA) is 153 Å². The summed E-state index contributed by atoms with van der Waals surface area (Å²) in [6, 6.07) is 12.2. The molecule has 4 aliphatic rings. The number of nitrogens with one attached hydrogen (secondary N) is 2. The first-order valence-electron chi connectivity index (χ1n) is 20.3. The van der Waals surface area contributed by atoms with Gasteiger partial charge in [-0.3, -0.25) is 0 Å². The number of benzene rings is 1. The summed E-state index contributed by atoms with van der Waals surface area (Å²) in [6.45, 7) is 10.9. The van der Waals surface area contributed by atoms with Crippen molar-refractivity contribution in [2.24, 2.45) is 10.8 Å². The Morgan fingerprint density at radius 1 is 1.04 bits per heavy atom. The maximum Gasteiger partial charge on any atom is 0.407 e. The molecule has 2 unspecified atom stereocenters. The lowest BCUT2D eigenvalue weighted by molar-refractivity contribution is -0.180. The number of alkyl carbamates (subject to hydrolysis) is 1. The number of anilines is 1. The minimum atomic E-state index is -0.785. The Balaban J connectivity index is 0.866. The van der Waals surface area contributed by atoms with Gasteiger partial charge in [0.15, 0.2) is 10.8 Å². The standard InChI is InChI=1S/C42H54ClN9O4/c1-41(2,3)37-42(26-52(37)40(54)55)21-30(22-42)50-17-13-28(14-18-50)29-23-45-38(46-24-29)51-19-15-32-35(31-20-34(43)48-49-36(31)47-32)33(51)12-8-5-9-16-44-39(53)56-25-27-10-6-4-7-11-27/h4,6-7,10-11,20,23-24,28,30,33,37H,5,8-9,12-19,21-22,25-26H2,1-3H3,(H,44,53)(H,47,49)(H,54,55). The van der Waals surface area contributed by atoms with Crippen molar-refractivity contribution in [2.75, 3.05) is 37.6 Å². The van der Waals surface area contributed by atoms with Gasteiger partial charge < -0.3 is 34.8 Å². The van der Waals surface area contributed by atoms with Crippen molar-refractivity contribution in [1.82, 2.24) is 40.3 Å². The molecule has 0 radical (unpaired) electrons. The quantitative estimate of drug-likeness (QED) is 0.129. The van der Waals surface area contributed by atoms with Crippen LogP contribution in [0.5, 0.6) is 0 Å². The number of unbranched alkanes of at least 4 members (excludes halogenated alkanes) is 2. The molecule has 298 valence electrons. The van der Waals surface area contributed by atoms with E-state index >= 15 is 0 Å². The lowest BCUT2D eigenvalue weighted by Gasteiger charge is -2.68. The molecule has 8 rings (SSSR count). The number of nitrogens with zero attached hydrogens (tertiary/aromatic N) is 7. The summed E-state index contributed by atoms with van der Waals surface area (Å²) >= 11 is 6.36. The van der Waals surface area contributed by atoms with Crippen molar-refractivity contribution in [3.05, 3.63) is 76.3 Å². The highest BCUT2D eigenvalue weighted by molar-refractivity contribution is 6.29. The molecule has 2 atom stereocenters. The van der Waals surface area contributed by atoms with Gasteiger partial charge in [0.05, 0.1) is 6.04 Å². The van der Waals surface area contributed by atoms with Crippen LogP contribution in [0.2, 0.25) is 5.15 Å². The van der Waals surface area contributed by atoms with Crippen molar-refractivity contribution in [3.8, 4) is 0 Å². The molecule has 13 nitrogen and oxygen atoms in total. The second kappa shape index (κ2) is 15.8. The van der Waals surface area contributed by atoms with Gasteiger partial charge in [0.1, 0.15) is 6.61 Å². The average Bonchev–Trinajstić information content (AvgIpc) is 3.52. The van der Waals surface area contributed by atoms with Gasteiger partial charge in [0, 0.05) is 72.6 Å². The van der Waals surface area contributed by atoms with Crippen LogP contribution < -0.4 is 10.2 Å². The number of aromatic amines is 1. The number of H-pyrrole nitrogens is 1. The second-order valence-electron chi connectivity index (χ2n) is 17.5. The molecule has 2 saturated heterocycles. The number of likely N-dealkylation sites (tertiary alicyclic amines) is 2. The van der Waals surface area contributed by atoms with Crippen LogP contribution in [0.1, 0.15) is 106 Å². The number of ether oxygens (including phenoxy) is 1. The molecule has 14 heteroatoms. The molecule has 4 aromatic rings. The largest absolute Gasteiger partial charge is 0.465 e. The van der Waals surface area contributed by atoms with Gasteiger partial charge in [-0.2, -0.15) is 0 Å². The first kappa shape index (κ1) is 38.4. The predicted molar refractivity (Wildman–Crippen MR) is 215 cm³/mol. The van der Waals surface area contributed by atoms with Crippen LogP contribution in [0, 0.1) is 10.8 Å². The fourth-order valence-corrected chi connectivity index (χ4v) is 10.5. The van der Waals surface area contributed by atoms with Crippen molar-refractivity contribution < 1.29 is 19.4 Å². The number of carboxylic acid groups (broad SMARTS) is 1. The number of fused-ring (bicyclic) bond motifs is 3. The fraction of sp³-hybridized carbons (Fsp3) is 0.571. The minimum absolute atomic E-state index is 0.0348. The van der Waals surface area contributed by atoms with Crippen LogP contribution in [0.3, 0.4) is 0 Å². The normalized spacial score (nSPS) is 24.1.